The van der Waals surface area contributed by atoms with Crippen molar-refractivity contribution < 1.29 is 19.4 Å². The highest BCUT2D eigenvalue weighted by Crippen LogP contribution is 2.50. The molecule has 4 heteroatoms. The maximum absolute atomic E-state index is 11.7. The number of ketones is 1. The standard InChI is InChI=1S/C10H14O4/c1-3-10-6(11)4-5-9(2,7(10)12)14-8(10)13/h7,12H,3-5H2,1-2H3/t7-,9+,10-/m1/s1. The highest BCUT2D eigenvalue weighted by atomic mass is 16.6. The maximum atomic E-state index is 11.7. The molecule has 1 aliphatic carbocycles. The molecule has 1 N–H and O–H groups in total. The normalized spacial score (nSPS) is 46.6. The third-order valence-corrected chi connectivity index (χ3v) is 3.64. The summed E-state index contributed by atoms with van der Waals surface area (Å²) in [6.07, 6.45) is 0.100. The Bertz CT molecular complexity index is 311. The second-order valence-corrected chi connectivity index (χ2v) is 4.35. The molecule has 0 unspecified atom stereocenters. The summed E-state index contributed by atoms with van der Waals surface area (Å²) in [6.45, 7) is 3.43. The molecule has 1 saturated carbocycles. The van der Waals surface area contributed by atoms with Gasteiger partial charge in [0.2, 0.25) is 0 Å². The lowest BCUT2D eigenvalue weighted by atomic mass is 9.66. The number of esters is 1. The second kappa shape index (κ2) is 2.57. The fourth-order valence-corrected chi connectivity index (χ4v) is 2.57. The van der Waals surface area contributed by atoms with E-state index in [0.717, 1.165) is 0 Å². The molecule has 2 fully saturated rings. The molecule has 1 saturated heterocycles. The van der Waals surface area contributed by atoms with E-state index in [2.05, 4.69) is 0 Å². The van der Waals surface area contributed by atoms with Crippen LogP contribution in [0.4, 0.5) is 0 Å². The van der Waals surface area contributed by atoms with E-state index in [1.54, 1.807) is 13.8 Å². The van der Waals surface area contributed by atoms with Crippen molar-refractivity contribution in [2.75, 3.05) is 0 Å². The number of rotatable bonds is 1. The molecule has 78 valence electrons. The van der Waals surface area contributed by atoms with E-state index in [0.29, 0.717) is 19.3 Å². The van der Waals surface area contributed by atoms with Crippen molar-refractivity contribution in [1.82, 2.24) is 0 Å². The molecule has 0 aromatic heterocycles. The summed E-state index contributed by atoms with van der Waals surface area (Å²) >= 11 is 0. The van der Waals surface area contributed by atoms with Crippen LogP contribution >= 0.6 is 0 Å². The summed E-state index contributed by atoms with van der Waals surface area (Å²) in [6, 6.07) is 0. The van der Waals surface area contributed by atoms with Gasteiger partial charge in [-0.1, -0.05) is 6.92 Å². The van der Waals surface area contributed by atoms with Gasteiger partial charge in [-0.2, -0.15) is 0 Å². The number of aliphatic hydroxyl groups excluding tert-OH is 1. The number of ether oxygens (including phenoxy) is 1. The van der Waals surface area contributed by atoms with E-state index < -0.39 is 23.1 Å². The van der Waals surface area contributed by atoms with Crippen LogP contribution in [0.25, 0.3) is 0 Å². The van der Waals surface area contributed by atoms with Gasteiger partial charge in [0.05, 0.1) is 0 Å². The Kier molecular flexibility index (Phi) is 1.77. The maximum Gasteiger partial charge on any atom is 0.323 e. The van der Waals surface area contributed by atoms with E-state index in [4.69, 9.17) is 4.74 Å². The summed E-state index contributed by atoms with van der Waals surface area (Å²) in [5, 5.41) is 9.99. The Balaban J connectivity index is 2.53. The number of Topliss-reactive ketones (excluding diaryl/α,β-unsaturated/α-hetero) is 1. The first-order valence-corrected chi connectivity index (χ1v) is 4.92. The minimum Gasteiger partial charge on any atom is -0.456 e. The van der Waals surface area contributed by atoms with Crippen molar-refractivity contribution in [3.05, 3.63) is 0 Å². The monoisotopic (exact) mass is 198 g/mol. The van der Waals surface area contributed by atoms with E-state index in [-0.39, 0.29) is 5.78 Å². The minimum absolute atomic E-state index is 0.174. The summed E-state index contributed by atoms with van der Waals surface area (Å²) in [7, 11) is 0. The molecule has 2 rings (SSSR count). The molecule has 3 atom stereocenters. The molecular formula is C10H14O4. The lowest BCUT2D eigenvalue weighted by Crippen LogP contribution is -2.53. The minimum atomic E-state index is -1.27. The summed E-state index contributed by atoms with van der Waals surface area (Å²) < 4.78 is 5.14. The van der Waals surface area contributed by atoms with Crippen LogP contribution in [0.2, 0.25) is 0 Å². The van der Waals surface area contributed by atoms with Crippen LogP contribution in [0, 0.1) is 5.41 Å². The van der Waals surface area contributed by atoms with Crippen LogP contribution in [-0.4, -0.2) is 28.6 Å². The molecular weight excluding hydrogens is 184 g/mol. The van der Waals surface area contributed by atoms with E-state index >= 15 is 0 Å². The molecule has 14 heavy (non-hydrogen) atoms. The molecule has 1 heterocycles. The van der Waals surface area contributed by atoms with Crippen molar-refractivity contribution in [2.45, 2.75) is 44.8 Å². The quantitative estimate of drug-likeness (QED) is 0.490. The first-order chi connectivity index (χ1) is 6.47. The molecule has 2 bridgehead atoms. The zero-order valence-electron chi connectivity index (χ0n) is 8.37. The van der Waals surface area contributed by atoms with Crippen LogP contribution in [-0.2, 0) is 14.3 Å². The summed E-state index contributed by atoms with van der Waals surface area (Å²) in [5.41, 5.74) is -2.12. The Morgan fingerprint density at radius 2 is 2.21 bits per heavy atom. The van der Waals surface area contributed by atoms with Crippen molar-refractivity contribution in [3.63, 3.8) is 0 Å². The fourth-order valence-electron chi connectivity index (χ4n) is 2.57. The number of hydrogen-bond donors (Lipinski definition) is 1. The molecule has 0 amide bonds. The summed E-state index contributed by atoms with van der Waals surface area (Å²) in [4.78, 5) is 23.3. The van der Waals surface area contributed by atoms with E-state index in [1.165, 1.54) is 0 Å². The number of carbonyl (C=O) groups is 2. The number of fused-ring (bicyclic) bond motifs is 2. The third kappa shape index (κ3) is 0.823. The highest BCUT2D eigenvalue weighted by Gasteiger charge is 2.67. The Labute approximate surface area is 82.2 Å². The van der Waals surface area contributed by atoms with E-state index in [9.17, 15) is 14.7 Å². The number of carbonyl (C=O) groups excluding carboxylic acids is 2. The first kappa shape index (κ1) is 9.65. The Hall–Kier alpha value is -0.900. The van der Waals surface area contributed by atoms with Crippen LogP contribution < -0.4 is 0 Å². The van der Waals surface area contributed by atoms with Gasteiger partial charge in [-0.3, -0.25) is 9.59 Å². The van der Waals surface area contributed by atoms with Gasteiger partial charge >= 0.3 is 5.97 Å². The second-order valence-electron chi connectivity index (χ2n) is 4.35. The van der Waals surface area contributed by atoms with Crippen molar-refractivity contribution in [2.24, 2.45) is 5.41 Å². The lowest BCUT2D eigenvalue weighted by molar-refractivity contribution is -0.153. The number of aliphatic hydroxyl groups is 1. The Morgan fingerprint density at radius 3 is 2.71 bits per heavy atom. The van der Waals surface area contributed by atoms with Gasteiger partial charge in [-0.25, -0.2) is 0 Å². The largest absolute Gasteiger partial charge is 0.456 e. The van der Waals surface area contributed by atoms with Crippen molar-refractivity contribution in [3.8, 4) is 0 Å². The molecule has 4 nitrogen and oxygen atoms in total. The van der Waals surface area contributed by atoms with Gasteiger partial charge < -0.3 is 9.84 Å². The molecule has 0 aromatic carbocycles. The van der Waals surface area contributed by atoms with Gasteiger partial charge in [-0.15, -0.1) is 0 Å². The molecule has 0 radical (unpaired) electrons. The average molecular weight is 198 g/mol. The zero-order valence-corrected chi connectivity index (χ0v) is 8.37. The predicted octanol–water partition coefficient (Wildman–Crippen LogP) is 0.422. The molecule has 2 aliphatic rings. The Morgan fingerprint density at radius 1 is 1.57 bits per heavy atom. The van der Waals surface area contributed by atoms with Crippen molar-refractivity contribution in [1.29, 1.82) is 0 Å². The SMILES string of the molecule is CC[C@]12C(=O)CC[C@](C)(OC1=O)[C@H]2O. The lowest BCUT2D eigenvalue weighted by Gasteiger charge is -2.35. The van der Waals surface area contributed by atoms with Gasteiger partial charge in [0.15, 0.2) is 11.2 Å². The van der Waals surface area contributed by atoms with Crippen LogP contribution in [0.1, 0.15) is 33.1 Å². The average Bonchev–Trinajstić information content (AvgIpc) is 2.26. The van der Waals surface area contributed by atoms with Crippen LogP contribution in [0.15, 0.2) is 0 Å². The molecule has 0 spiro atoms. The van der Waals surface area contributed by atoms with Gasteiger partial charge in [0, 0.05) is 6.42 Å². The van der Waals surface area contributed by atoms with Crippen LogP contribution in [0.3, 0.4) is 0 Å². The van der Waals surface area contributed by atoms with Crippen molar-refractivity contribution >= 4 is 11.8 Å². The highest BCUT2D eigenvalue weighted by molar-refractivity contribution is 6.07. The van der Waals surface area contributed by atoms with E-state index in [1.807, 2.05) is 0 Å². The fraction of sp³-hybridized carbons (Fsp3) is 0.800. The predicted molar refractivity (Wildman–Crippen MR) is 47.5 cm³/mol. The smallest absolute Gasteiger partial charge is 0.323 e. The third-order valence-electron chi connectivity index (χ3n) is 3.64. The molecule has 0 aromatic rings. The van der Waals surface area contributed by atoms with Gasteiger partial charge in [0.25, 0.3) is 0 Å². The zero-order chi connectivity index (χ0) is 10.6. The summed E-state index contributed by atoms with van der Waals surface area (Å²) in [5.74, 6) is -0.718. The molecule has 1 aliphatic heterocycles. The van der Waals surface area contributed by atoms with Gasteiger partial charge in [0.1, 0.15) is 11.7 Å². The topological polar surface area (TPSA) is 63.6 Å². The van der Waals surface area contributed by atoms with Crippen LogP contribution in [0.5, 0.6) is 0 Å². The first-order valence-electron chi connectivity index (χ1n) is 4.92. The number of hydrogen-bond acceptors (Lipinski definition) is 4. The van der Waals surface area contributed by atoms with Gasteiger partial charge in [-0.05, 0) is 19.8 Å².